The van der Waals surface area contributed by atoms with Gasteiger partial charge in [0.05, 0.1) is 18.8 Å². The zero-order valence-corrected chi connectivity index (χ0v) is 20.0. The Labute approximate surface area is 190 Å². The molecule has 1 aromatic rings. The first-order valence-corrected chi connectivity index (χ1v) is 10.7. The minimum Gasteiger partial charge on any atom is -0.507 e. The van der Waals surface area contributed by atoms with Gasteiger partial charge in [0.2, 0.25) is 0 Å². The molecule has 0 aromatic heterocycles. The Kier molecular flexibility index (Phi) is 9.01. The van der Waals surface area contributed by atoms with Crippen LogP contribution in [0.4, 0.5) is 0 Å². The van der Waals surface area contributed by atoms with E-state index in [2.05, 4.69) is 4.99 Å². The number of ether oxygens (including phenoxy) is 1. The fraction of sp³-hybridized carbons (Fsp3) is 0.458. The molecular weight excluding hydrogens is 414 g/mol. The number of halogens is 1. The zero-order chi connectivity index (χ0) is 23.1. The molecule has 2 rings (SSSR count). The summed E-state index contributed by atoms with van der Waals surface area (Å²) in [6, 6.07) is 3.24. The third-order valence-corrected chi connectivity index (χ3v) is 5.68. The molecule has 0 atom stereocenters. The van der Waals surface area contributed by atoms with Gasteiger partial charge in [0.25, 0.3) is 5.91 Å². The summed E-state index contributed by atoms with van der Waals surface area (Å²) in [7, 11) is 1.75. The number of nitrogens with zero attached hydrogens (tertiary/aromatic N) is 3. The Morgan fingerprint density at radius 1 is 1.19 bits per heavy atom. The number of aliphatic imine (C=N–C) groups is 2. The number of phenols is 1. The summed E-state index contributed by atoms with van der Waals surface area (Å²) in [5.41, 5.74) is 5.34. The monoisotopic (exact) mass is 445 g/mol. The van der Waals surface area contributed by atoms with Crippen LogP contribution in [0.3, 0.4) is 0 Å². The van der Waals surface area contributed by atoms with Crippen molar-refractivity contribution in [2.24, 2.45) is 9.98 Å². The maximum atomic E-state index is 12.9. The van der Waals surface area contributed by atoms with Gasteiger partial charge in [-0.05, 0) is 58.4 Å². The number of allylic oxidation sites excluding steroid dienone is 4. The van der Waals surface area contributed by atoms with Crippen LogP contribution in [-0.4, -0.2) is 60.7 Å². The highest BCUT2D eigenvalue weighted by atomic mass is 35.5. The summed E-state index contributed by atoms with van der Waals surface area (Å²) >= 11 is 6.42. The van der Waals surface area contributed by atoms with E-state index in [1.165, 1.54) is 0 Å². The molecule has 7 heteroatoms. The number of carbonyl (C=O) groups excluding carboxylic acids is 1. The predicted molar refractivity (Wildman–Crippen MR) is 128 cm³/mol. The van der Waals surface area contributed by atoms with E-state index in [1.54, 1.807) is 24.1 Å². The Hall–Kier alpha value is -2.44. The van der Waals surface area contributed by atoms with Gasteiger partial charge in [-0.3, -0.25) is 14.8 Å². The van der Waals surface area contributed by atoms with Crippen LogP contribution < -0.4 is 0 Å². The number of phenolic OH excluding ortho intramolecular Hbond substituents is 1. The number of amides is 1. The third kappa shape index (κ3) is 6.52. The molecule has 1 fully saturated rings. The van der Waals surface area contributed by atoms with Crippen molar-refractivity contribution in [1.29, 1.82) is 0 Å². The quantitative estimate of drug-likeness (QED) is 0.636. The van der Waals surface area contributed by atoms with E-state index in [0.717, 1.165) is 28.3 Å². The van der Waals surface area contributed by atoms with E-state index in [1.807, 2.05) is 40.7 Å². The number of aromatic hydroxyl groups is 1. The minimum atomic E-state index is -0.217. The van der Waals surface area contributed by atoms with Gasteiger partial charge in [0, 0.05) is 54.3 Å². The molecule has 0 spiro atoms. The maximum Gasteiger partial charge on any atom is 0.257 e. The molecular formula is C24H32ClN3O3. The van der Waals surface area contributed by atoms with Gasteiger partial charge in [0.15, 0.2) is 0 Å². The summed E-state index contributed by atoms with van der Waals surface area (Å²) in [6.45, 7) is 11.8. The van der Waals surface area contributed by atoms with E-state index in [9.17, 15) is 9.90 Å². The summed E-state index contributed by atoms with van der Waals surface area (Å²) in [4.78, 5) is 23.6. The maximum absolute atomic E-state index is 12.9. The van der Waals surface area contributed by atoms with Crippen molar-refractivity contribution in [2.45, 2.75) is 41.0 Å². The molecule has 1 N–H and O–H groups in total. The highest BCUT2D eigenvalue weighted by Crippen LogP contribution is 2.33. The van der Waals surface area contributed by atoms with Crippen LogP contribution >= 0.6 is 11.6 Å². The number of carbonyl (C=O) groups is 1. The van der Waals surface area contributed by atoms with Crippen LogP contribution in [-0.2, 0) is 11.2 Å². The van der Waals surface area contributed by atoms with Crippen molar-refractivity contribution in [3.63, 3.8) is 0 Å². The normalized spacial score (nSPS) is 15.8. The number of hydrogen-bond donors (Lipinski definition) is 1. The van der Waals surface area contributed by atoms with E-state index < -0.39 is 0 Å². The molecule has 1 aliphatic heterocycles. The van der Waals surface area contributed by atoms with Crippen molar-refractivity contribution in [3.05, 3.63) is 51.2 Å². The number of morpholine rings is 1. The van der Waals surface area contributed by atoms with Crippen molar-refractivity contribution in [3.8, 4) is 5.75 Å². The van der Waals surface area contributed by atoms with Gasteiger partial charge in [-0.15, -0.1) is 0 Å². The number of rotatable bonds is 6. The fourth-order valence-corrected chi connectivity index (χ4v) is 3.38. The summed E-state index contributed by atoms with van der Waals surface area (Å²) in [5.74, 6) is -0.304. The lowest BCUT2D eigenvalue weighted by Gasteiger charge is -2.27. The fourth-order valence-electron chi connectivity index (χ4n) is 3.16. The van der Waals surface area contributed by atoms with Gasteiger partial charge in [-0.25, -0.2) is 0 Å². The first-order valence-electron chi connectivity index (χ1n) is 10.4. The molecule has 1 aliphatic rings. The summed E-state index contributed by atoms with van der Waals surface area (Å²) < 4.78 is 5.31. The van der Waals surface area contributed by atoms with E-state index in [0.29, 0.717) is 43.3 Å². The van der Waals surface area contributed by atoms with Gasteiger partial charge in [0.1, 0.15) is 5.75 Å². The first kappa shape index (κ1) is 24.8. The molecule has 0 radical (unpaired) electrons. The van der Waals surface area contributed by atoms with Crippen LogP contribution in [0.1, 0.15) is 50.5 Å². The molecule has 1 aromatic carbocycles. The number of hydrogen-bond acceptors (Lipinski definition) is 5. The predicted octanol–water partition coefficient (Wildman–Crippen LogP) is 4.85. The lowest BCUT2D eigenvalue weighted by atomic mass is 10.0. The molecule has 0 aliphatic carbocycles. The smallest absolute Gasteiger partial charge is 0.257 e. The largest absolute Gasteiger partial charge is 0.507 e. The van der Waals surface area contributed by atoms with E-state index in [4.69, 9.17) is 21.3 Å². The molecule has 0 bridgehead atoms. The molecule has 168 valence electrons. The van der Waals surface area contributed by atoms with Crippen molar-refractivity contribution < 1.29 is 14.6 Å². The summed E-state index contributed by atoms with van der Waals surface area (Å²) in [6.07, 6.45) is 2.30. The van der Waals surface area contributed by atoms with Crippen LogP contribution in [0.2, 0.25) is 5.02 Å². The lowest BCUT2D eigenvalue weighted by Crippen LogP contribution is -2.40. The molecule has 0 unspecified atom stereocenters. The average molecular weight is 446 g/mol. The Bertz CT molecular complexity index is 951. The summed E-state index contributed by atoms with van der Waals surface area (Å²) in [5, 5.41) is 11.3. The van der Waals surface area contributed by atoms with Crippen LogP contribution in [0, 0.1) is 0 Å². The second kappa shape index (κ2) is 11.3. The van der Waals surface area contributed by atoms with Crippen molar-refractivity contribution in [1.82, 2.24) is 4.90 Å². The van der Waals surface area contributed by atoms with E-state index >= 15 is 0 Å². The molecule has 0 saturated carbocycles. The second-order valence-electron chi connectivity index (χ2n) is 7.84. The van der Waals surface area contributed by atoms with Gasteiger partial charge in [-0.2, -0.15) is 0 Å². The van der Waals surface area contributed by atoms with Crippen LogP contribution in [0.25, 0.3) is 0 Å². The highest BCUT2D eigenvalue weighted by molar-refractivity contribution is 6.31. The van der Waals surface area contributed by atoms with Gasteiger partial charge < -0.3 is 14.7 Å². The standard InChI is InChI=1S/C24H32ClN3O3/c1-15(2)22(27-18(5)16(3)13-17(4)26-6)14-20-21(25)8-7-19(23(20)29)24(30)28-9-11-31-12-10-28/h7-8,13,29H,9-12,14H2,1-6H3/b16-13-,26-17-,27-18+. The Morgan fingerprint density at radius 2 is 1.84 bits per heavy atom. The first-order chi connectivity index (χ1) is 14.6. The van der Waals surface area contributed by atoms with Gasteiger partial charge in [-0.1, -0.05) is 17.2 Å². The molecule has 31 heavy (non-hydrogen) atoms. The third-order valence-electron chi connectivity index (χ3n) is 5.33. The van der Waals surface area contributed by atoms with Gasteiger partial charge >= 0.3 is 0 Å². The van der Waals surface area contributed by atoms with Crippen LogP contribution in [0.15, 0.2) is 45.0 Å². The minimum absolute atomic E-state index is 0.0863. The molecule has 6 nitrogen and oxygen atoms in total. The topological polar surface area (TPSA) is 74.5 Å². The Morgan fingerprint density at radius 3 is 2.42 bits per heavy atom. The van der Waals surface area contributed by atoms with Crippen LogP contribution in [0.5, 0.6) is 5.75 Å². The SMILES string of the molecule is C\N=C(C)/C=C(C)\C(C)=N\C(Cc1c(Cl)ccc(C(=O)N2CCOCC2)c1O)=C(C)C. The molecule has 1 amide bonds. The Balaban J connectivity index is 2.38. The van der Waals surface area contributed by atoms with Crippen molar-refractivity contribution in [2.75, 3.05) is 33.4 Å². The zero-order valence-electron chi connectivity index (χ0n) is 19.3. The van der Waals surface area contributed by atoms with E-state index in [-0.39, 0.29) is 17.2 Å². The van der Waals surface area contributed by atoms with Crippen molar-refractivity contribution >= 4 is 28.9 Å². The molecule has 1 saturated heterocycles. The lowest BCUT2D eigenvalue weighted by molar-refractivity contribution is 0.0301. The second-order valence-corrected chi connectivity index (χ2v) is 8.25. The number of benzene rings is 1. The average Bonchev–Trinajstić information content (AvgIpc) is 2.75. The molecule has 1 heterocycles. The highest BCUT2D eigenvalue weighted by Gasteiger charge is 2.24.